The number of amides is 3. The maximum absolute atomic E-state index is 12.8. The van der Waals surface area contributed by atoms with Crippen molar-refractivity contribution in [3.63, 3.8) is 0 Å². The lowest BCUT2D eigenvalue weighted by Gasteiger charge is -2.38. The Balaban J connectivity index is 1.95. The minimum absolute atomic E-state index is 0.0368. The van der Waals surface area contributed by atoms with Gasteiger partial charge in [0.15, 0.2) is 0 Å². The molecule has 0 spiro atoms. The second-order valence-electron chi connectivity index (χ2n) is 6.97. The van der Waals surface area contributed by atoms with Crippen LogP contribution < -0.4 is 10.6 Å². The molecule has 1 fully saturated rings. The zero-order chi connectivity index (χ0) is 20.7. The molecular formula is C20H26F3N3O2. The van der Waals surface area contributed by atoms with E-state index >= 15 is 0 Å². The number of nitrogens with one attached hydrogen (secondary N) is 2. The molecule has 0 aliphatic carbocycles. The molecule has 2 unspecified atom stereocenters. The van der Waals surface area contributed by atoms with Crippen LogP contribution in [0.2, 0.25) is 0 Å². The van der Waals surface area contributed by atoms with Crippen molar-refractivity contribution in [1.82, 2.24) is 10.2 Å². The highest BCUT2D eigenvalue weighted by atomic mass is 19.4. The van der Waals surface area contributed by atoms with Crippen molar-refractivity contribution in [3.05, 3.63) is 42.5 Å². The summed E-state index contributed by atoms with van der Waals surface area (Å²) in [6.07, 6.45) is -0.952. The predicted octanol–water partition coefficient (Wildman–Crippen LogP) is 4.28. The number of urea groups is 1. The first-order valence-electron chi connectivity index (χ1n) is 9.35. The molecule has 1 aliphatic rings. The van der Waals surface area contributed by atoms with Gasteiger partial charge in [0.05, 0.1) is 5.56 Å². The van der Waals surface area contributed by atoms with E-state index in [4.69, 9.17) is 0 Å². The molecule has 2 N–H and O–H groups in total. The lowest BCUT2D eigenvalue weighted by Crippen LogP contribution is -2.46. The molecule has 2 rings (SSSR count). The largest absolute Gasteiger partial charge is 0.416 e. The molecule has 154 valence electrons. The van der Waals surface area contributed by atoms with Gasteiger partial charge in [0.2, 0.25) is 5.91 Å². The Hall–Kier alpha value is -2.51. The molecule has 0 aromatic heterocycles. The number of likely N-dealkylation sites (tertiary alicyclic amines) is 1. The molecule has 2 atom stereocenters. The topological polar surface area (TPSA) is 61.4 Å². The van der Waals surface area contributed by atoms with Crippen molar-refractivity contribution in [2.75, 3.05) is 25.0 Å². The van der Waals surface area contributed by atoms with Crippen LogP contribution in [0.4, 0.5) is 23.7 Å². The Bertz CT molecular complexity index is 706. The third-order valence-corrected chi connectivity index (χ3v) is 5.04. The third kappa shape index (κ3) is 6.00. The highest BCUT2D eigenvalue weighted by molar-refractivity contribution is 5.89. The molecule has 0 bridgehead atoms. The molecule has 3 amide bonds. The minimum atomic E-state index is -4.46. The van der Waals surface area contributed by atoms with Gasteiger partial charge in [-0.3, -0.25) is 4.79 Å². The number of carbonyl (C=O) groups excluding carboxylic acids is 2. The Kier molecular flexibility index (Phi) is 7.48. The molecule has 1 aliphatic heterocycles. The van der Waals surface area contributed by atoms with E-state index in [-0.39, 0.29) is 23.4 Å². The van der Waals surface area contributed by atoms with E-state index < -0.39 is 17.8 Å². The summed E-state index contributed by atoms with van der Waals surface area (Å²) in [6.45, 7) is 6.93. The highest BCUT2D eigenvalue weighted by Crippen LogP contribution is 2.32. The van der Waals surface area contributed by atoms with Crippen LogP contribution in [0.15, 0.2) is 36.9 Å². The van der Waals surface area contributed by atoms with Gasteiger partial charge in [0, 0.05) is 31.7 Å². The van der Waals surface area contributed by atoms with Crippen LogP contribution in [-0.4, -0.2) is 36.5 Å². The average Bonchev–Trinajstić information content (AvgIpc) is 2.66. The van der Waals surface area contributed by atoms with Crippen LogP contribution in [-0.2, 0) is 11.0 Å². The van der Waals surface area contributed by atoms with Crippen LogP contribution in [0.3, 0.4) is 0 Å². The number of carbonyl (C=O) groups is 2. The van der Waals surface area contributed by atoms with E-state index in [0.29, 0.717) is 32.5 Å². The number of nitrogens with zero attached hydrogens (tertiary/aromatic N) is 1. The molecule has 28 heavy (non-hydrogen) atoms. The molecule has 1 aromatic rings. The summed E-state index contributed by atoms with van der Waals surface area (Å²) in [6, 6.07) is 4.16. The summed E-state index contributed by atoms with van der Waals surface area (Å²) in [5.41, 5.74) is -0.695. The fourth-order valence-corrected chi connectivity index (χ4v) is 3.47. The van der Waals surface area contributed by atoms with Gasteiger partial charge in [0.25, 0.3) is 0 Å². The maximum Gasteiger partial charge on any atom is 0.416 e. The Morgan fingerprint density at radius 1 is 1.32 bits per heavy atom. The van der Waals surface area contributed by atoms with Gasteiger partial charge < -0.3 is 15.5 Å². The first-order valence-corrected chi connectivity index (χ1v) is 9.35. The van der Waals surface area contributed by atoms with Crippen LogP contribution in [0, 0.1) is 11.8 Å². The lowest BCUT2D eigenvalue weighted by molar-refractivity contribution is -0.137. The van der Waals surface area contributed by atoms with Crippen molar-refractivity contribution in [1.29, 1.82) is 0 Å². The second-order valence-corrected chi connectivity index (χ2v) is 6.97. The van der Waals surface area contributed by atoms with Crippen molar-refractivity contribution >= 4 is 17.6 Å². The second kappa shape index (κ2) is 9.61. The van der Waals surface area contributed by atoms with Gasteiger partial charge in [0.1, 0.15) is 0 Å². The average molecular weight is 397 g/mol. The molecular weight excluding hydrogens is 371 g/mol. The van der Waals surface area contributed by atoms with E-state index in [0.717, 1.165) is 18.6 Å². The maximum atomic E-state index is 12.8. The fraction of sp³-hybridized carbons (Fsp3) is 0.500. The molecule has 0 saturated carbocycles. The SMILES string of the molecule is C=CCNC(=O)CC1CCN(C(=O)Nc2cccc(C(F)(F)F)c2)CC1CC. The van der Waals surface area contributed by atoms with Gasteiger partial charge in [-0.15, -0.1) is 6.58 Å². The third-order valence-electron chi connectivity index (χ3n) is 5.04. The van der Waals surface area contributed by atoms with Crippen molar-refractivity contribution < 1.29 is 22.8 Å². The van der Waals surface area contributed by atoms with Gasteiger partial charge in [-0.25, -0.2) is 4.79 Å². The van der Waals surface area contributed by atoms with E-state index in [1.165, 1.54) is 12.1 Å². The fourth-order valence-electron chi connectivity index (χ4n) is 3.47. The predicted molar refractivity (Wildman–Crippen MR) is 102 cm³/mol. The van der Waals surface area contributed by atoms with E-state index in [1.54, 1.807) is 11.0 Å². The molecule has 1 heterocycles. The quantitative estimate of drug-likeness (QED) is 0.704. The summed E-state index contributed by atoms with van der Waals surface area (Å²) in [4.78, 5) is 26.1. The Morgan fingerprint density at radius 3 is 2.71 bits per heavy atom. The Labute approximate surface area is 163 Å². The van der Waals surface area contributed by atoms with Crippen LogP contribution >= 0.6 is 0 Å². The number of hydrogen-bond donors (Lipinski definition) is 2. The Morgan fingerprint density at radius 2 is 2.07 bits per heavy atom. The van der Waals surface area contributed by atoms with Gasteiger partial charge >= 0.3 is 12.2 Å². The lowest BCUT2D eigenvalue weighted by atomic mass is 9.81. The number of anilines is 1. The summed E-state index contributed by atoms with van der Waals surface area (Å²) in [5.74, 6) is 0.299. The molecule has 8 heteroatoms. The molecule has 1 aromatic carbocycles. The number of halogens is 3. The molecule has 5 nitrogen and oxygen atoms in total. The molecule has 0 radical (unpaired) electrons. The monoisotopic (exact) mass is 397 g/mol. The summed E-state index contributed by atoms with van der Waals surface area (Å²) in [7, 11) is 0. The normalized spacial score (nSPS) is 19.8. The van der Waals surface area contributed by atoms with Crippen molar-refractivity contribution in [3.8, 4) is 0 Å². The first-order chi connectivity index (χ1) is 13.2. The highest BCUT2D eigenvalue weighted by Gasteiger charge is 2.33. The number of hydrogen-bond acceptors (Lipinski definition) is 2. The first kappa shape index (κ1) is 21.8. The number of alkyl halides is 3. The van der Waals surface area contributed by atoms with Gasteiger partial charge in [-0.2, -0.15) is 13.2 Å². The van der Waals surface area contributed by atoms with Crippen molar-refractivity contribution in [2.45, 2.75) is 32.4 Å². The zero-order valence-electron chi connectivity index (χ0n) is 15.9. The molecule has 1 saturated heterocycles. The summed E-state index contributed by atoms with van der Waals surface area (Å²) >= 11 is 0. The van der Waals surface area contributed by atoms with Crippen molar-refractivity contribution in [2.24, 2.45) is 11.8 Å². The number of piperidine rings is 1. The van der Waals surface area contributed by atoms with E-state index in [2.05, 4.69) is 17.2 Å². The van der Waals surface area contributed by atoms with Gasteiger partial charge in [-0.1, -0.05) is 25.5 Å². The minimum Gasteiger partial charge on any atom is -0.353 e. The summed E-state index contributed by atoms with van der Waals surface area (Å²) < 4.78 is 38.5. The standard InChI is InChI=1S/C20H26F3N3O2/c1-3-9-24-18(27)11-15-8-10-26(13-14(15)4-2)19(28)25-17-7-5-6-16(12-17)20(21,22)23/h3,5-7,12,14-15H,1,4,8-11,13H2,2H3,(H,24,27)(H,25,28). The van der Waals surface area contributed by atoms with E-state index in [9.17, 15) is 22.8 Å². The van der Waals surface area contributed by atoms with E-state index in [1.807, 2.05) is 6.92 Å². The van der Waals surface area contributed by atoms with Crippen LogP contribution in [0.5, 0.6) is 0 Å². The van der Waals surface area contributed by atoms with Crippen LogP contribution in [0.1, 0.15) is 31.7 Å². The van der Waals surface area contributed by atoms with Crippen LogP contribution in [0.25, 0.3) is 0 Å². The number of benzene rings is 1. The number of rotatable bonds is 6. The summed E-state index contributed by atoms with van der Waals surface area (Å²) in [5, 5.41) is 5.32. The van der Waals surface area contributed by atoms with Gasteiger partial charge in [-0.05, 0) is 36.5 Å². The zero-order valence-corrected chi connectivity index (χ0v) is 15.9. The smallest absolute Gasteiger partial charge is 0.353 e.